The van der Waals surface area contributed by atoms with Crippen LogP contribution >= 0.6 is 0 Å². The van der Waals surface area contributed by atoms with Gasteiger partial charge in [-0.05, 0) is 6.42 Å². The van der Waals surface area contributed by atoms with Crippen LogP contribution in [0.2, 0.25) is 0 Å². The Kier molecular flexibility index (Phi) is 7.68. The third kappa shape index (κ3) is 4.69. The fourth-order valence-electron chi connectivity index (χ4n) is 2.41. The molecule has 2 atom stereocenters. The molecule has 0 aromatic heterocycles. The minimum absolute atomic E-state index is 0.111. The molecule has 1 aliphatic rings. The molecule has 1 saturated heterocycles. The van der Waals surface area contributed by atoms with Crippen molar-refractivity contribution in [1.29, 1.82) is 0 Å². The van der Waals surface area contributed by atoms with E-state index >= 15 is 0 Å². The molecule has 0 bridgehead atoms. The van der Waals surface area contributed by atoms with Crippen molar-refractivity contribution in [2.75, 3.05) is 27.9 Å². The van der Waals surface area contributed by atoms with Crippen molar-refractivity contribution in [2.45, 2.75) is 38.1 Å². The largest absolute Gasteiger partial charge is 0.469 e. The zero-order chi connectivity index (χ0) is 18.2. The lowest BCUT2D eigenvalue weighted by Crippen LogP contribution is -2.45. The Balaban J connectivity index is 2.72. The van der Waals surface area contributed by atoms with Gasteiger partial charge in [0.15, 0.2) is 11.7 Å². The summed E-state index contributed by atoms with van der Waals surface area (Å²) in [6.45, 7) is -0.341. The van der Waals surface area contributed by atoms with E-state index in [-0.39, 0.29) is 31.5 Å². The van der Waals surface area contributed by atoms with Crippen LogP contribution in [-0.2, 0) is 38.1 Å². The number of hydrogen-bond donors (Lipinski definition) is 0. The molecule has 1 aliphatic heterocycles. The Labute approximate surface area is 140 Å². The minimum atomic E-state index is -1.75. The summed E-state index contributed by atoms with van der Waals surface area (Å²) in [6.07, 6.45) is 5.26. The summed E-state index contributed by atoms with van der Waals surface area (Å²) in [7, 11) is 3.59. The third-order valence-electron chi connectivity index (χ3n) is 3.76. The predicted octanol–water partition coefficient (Wildman–Crippen LogP) is 0.427. The van der Waals surface area contributed by atoms with Crippen LogP contribution in [0.4, 0.5) is 0 Å². The first-order valence-electron chi connectivity index (χ1n) is 7.37. The highest BCUT2D eigenvalue weighted by Gasteiger charge is 2.49. The van der Waals surface area contributed by atoms with Crippen molar-refractivity contribution in [2.24, 2.45) is 5.41 Å². The van der Waals surface area contributed by atoms with Crippen LogP contribution in [0.15, 0.2) is 0 Å². The van der Waals surface area contributed by atoms with Crippen LogP contribution in [-0.4, -0.2) is 58.2 Å². The molecule has 1 rings (SSSR count). The van der Waals surface area contributed by atoms with E-state index < -0.39 is 23.6 Å². The van der Waals surface area contributed by atoms with E-state index in [1.807, 2.05) is 0 Å². The SMILES string of the molecule is C#CCC(COC1CCC(CC(=O)OC)O1)(C(=O)OC)C(=O)OC. The van der Waals surface area contributed by atoms with Gasteiger partial charge in [0, 0.05) is 12.8 Å². The molecule has 0 N–H and O–H groups in total. The summed E-state index contributed by atoms with van der Waals surface area (Å²) in [5, 5.41) is 0. The summed E-state index contributed by atoms with van der Waals surface area (Å²) in [6, 6.07) is 0. The molecule has 0 amide bonds. The van der Waals surface area contributed by atoms with Crippen molar-refractivity contribution in [3.05, 3.63) is 0 Å². The fourth-order valence-corrected chi connectivity index (χ4v) is 2.41. The van der Waals surface area contributed by atoms with Crippen LogP contribution in [0.5, 0.6) is 0 Å². The first kappa shape index (κ1) is 19.9. The number of esters is 3. The molecule has 8 heteroatoms. The maximum Gasteiger partial charge on any atom is 0.326 e. The first-order chi connectivity index (χ1) is 11.4. The summed E-state index contributed by atoms with van der Waals surface area (Å²) in [4.78, 5) is 35.4. The van der Waals surface area contributed by atoms with E-state index in [2.05, 4.69) is 20.1 Å². The zero-order valence-corrected chi connectivity index (χ0v) is 14.0. The van der Waals surface area contributed by atoms with Gasteiger partial charge in [-0.2, -0.15) is 0 Å². The molecule has 0 aliphatic carbocycles. The number of methoxy groups -OCH3 is 3. The lowest BCUT2D eigenvalue weighted by atomic mass is 9.85. The van der Waals surface area contributed by atoms with Gasteiger partial charge in [-0.1, -0.05) is 0 Å². The molecule has 0 aromatic carbocycles. The zero-order valence-electron chi connectivity index (χ0n) is 14.0. The van der Waals surface area contributed by atoms with Crippen LogP contribution < -0.4 is 0 Å². The molecular formula is C16H22O8. The van der Waals surface area contributed by atoms with Crippen molar-refractivity contribution >= 4 is 17.9 Å². The Morgan fingerprint density at radius 1 is 1.12 bits per heavy atom. The number of carbonyl (C=O) groups is 3. The van der Waals surface area contributed by atoms with Crippen LogP contribution in [0, 0.1) is 17.8 Å². The maximum absolute atomic E-state index is 12.1. The molecule has 0 radical (unpaired) electrons. The van der Waals surface area contributed by atoms with E-state index in [4.69, 9.17) is 15.9 Å². The maximum atomic E-state index is 12.1. The smallest absolute Gasteiger partial charge is 0.326 e. The summed E-state index contributed by atoms with van der Waals surface area (Å²) >= 11 is 0. The lowest BCUT2D eigenvalue weighted by Gasteiger charge is -2.27. The molecule has 1 fully saturated rings. The Bertz CT molecular complexity index is 491. The summed E-state index contributed by atoms with van der Waals surface area (Å²) in [5.74, 6) is 0.217. The average molecular weight is 342 g/mol. The van der Waals surface area contributed by atoms with Gasteiger partial charge >= 0.3 is 17.9 Å². The van der Waals surface area contributed by atoms with Crippen molar-refractivity contribution in [3.8, 4) is 12.3 Å². The van der Waals surface area contributed by atoms with Gasteiger partial charge in [-0.15, -0.1) is 12.3 Å². The second-order valence-corrected chi connectivity index (χ2v) is 5.30. The first-order valence-corrected chi connectivity index (χ1v) is 7.37. The van der Waals surface area contributed by atoms with Gasteiger partial charge in [0.25, 0.3) is 0 Å². The topological polar surface area (TPSA) is 97.4 Å². The van der Waals surface area contributed by atoms with E-state index in [1.54, 1.807) is 0 Å². The van der Waals surface area contributed by atoms with E-state index in [1.165, 1.54) is 7.11 Å². The Hall–Kier alpha value is -2.11. The molecule has 2 unspecified atom stereocenters. The van der Waals surface area contributed by atoms with Crippen molar-refractivity contribution in [3.63, 3.8) is 0 Å². The average Bonchev–Trinajstić information content (AvgIpc) is 3.04. The van der Waals surface area contributed by atoms with E-state index in [0.29, 0.717) is 12.8 Å². The van der Waals surface area contributed by atoms with E-state index in [0.717, 1.165) is 14.2 Å². The highest BCUT2D eigenvalue weighted by Crippen LogP contribution is 2.30. The summed E-state index contributed by atoms with van der Waals surface area (Å²) < 4.78 is 25.0. The van der Waals surface area contributed by atoms with Crippen molar-refractivity contribution < 1.29 is 38.1 Å². The monoisotopic (exact) mass is 342 g/mol. The lowest BCUT2D eigenvalue weighted by molar-refractivity contribution is -0.188. The molecule has 1 heterocycles. The third-order valence-corrected chi connectivity index (χ3v) is 3.76. The molecule has 134 valence electrons. The highest BCUT2D eigenvalue weighted by molar-refractivity contribution is 6.00. The van der Waals surface area contributed by atoms with Gasteiger partial charge < -0.3 is 23.7 Å². The quantitative estimate of drug-likeness (QED) is 0.271. The minimum Gasteiger partial charge on any atom is -0.469 e. The second kappa shape index (κ2) is 9.25. The number of ether oxygens (including phenoxy) is 5. The highest BCUT2D eigenvalue weighted by atomic mass is 16.7. The van der Waals surface area contributed by atoms with Crippen LogP contribution in [0.1, 0.15) is 25.7 Å². The molecular weight excluding hydrogens is 320 g/mol. The number of terminal acetylenes is 1. The second-order valence-electron chi connectivity index (χ2n) is 5.30. The van der Waals surface area contributed by atoms with Crippen molar-refractivity contribution in [1.82, 2.24) is 0 Å². The van der Waals surface area contributed by atoms with Gasteiger partial charge in [0.2, 0.25) is 0 Å². The number of carbonyl (C=O) groups excluding carboxylic acids is 3. The molecule has 0 spiro atoms. The van der Waals surface area contributed by atoms with Crippen LogP contribution in [0.3, 0.4) is 0 Å². The molecule has 0 saturated carbocycles. The molecule has 0 aromatic rings. The Morgan fingerprint density at radius 3 is 2.25 bits per heavy atom. The van der Waals surface area contributed by atoms with Gasteiger partial charge in [-0.25, -0.2) is 0 Å². The number of rotatable bonds is 8. The van der Waals surface area contributed by atoms with Gasteiger partial charge in [-0.3, -0.25) is 14.4 Å². The van der Waals surface area contributed by atoms with E-state index in [9.17, 15) is 14.4 Å². The Morgan fingerprint density at radius 2 is 1.75 bits per heavy atom. The van der Waals surface area contributed by atoms with Crippen LogP contribution in [0.25, 0.3) is 0 Å². The normalized spacial score (nSPS) is 20.1. The molecule has 24 heavy (non-hydrogen) atoms. The summed E-state index contributed by atoms with van der Waals surface area (Å²) in [5.41, 5.74) is -1.75. The van der Waals surface area contributed by atoms with Gasteiger partial charge in [0.05, 0.1) is 40.5 Å². The molecule has 8 nitrogen and oxygen atoms in total. The van der Waals surface area contributed by atoms with Gasteiger partial charge in [0.1, 0.15) is 0 Å². The number of hydrogen-bond acceptors (Lipinski definition) is 8. The fraction of sp³-hybridized carbons (Fsp3) is 0.688. The predicted molar refractivity (Wildman–Crippen MR) is 80.4 cm³/mol. The standard InChI is InChI=1S/C16H22O8/c1-5-8-16(14(18)21-3,15(19)22-4)10-23-13-7-6-11(24-13)9-12(17)20-2/h1,11,13H,6-10H2,2-4H3.